The third-order valence-corrected chi connectivity index (χ3v) is 6.81. The maximum absolute atomic E-state index is 11.9. The van der Waals surface area contributed by atoms with E-state index in [0.717, 1.165) is 56.6 Å². The molecule has 0 fully saturated rings. The van der Waals surface area contributed by atoms with Gasteiger partial charge >= 0.3 is 0 Å². The van der Waals surface area contributed by atoms with E-state index < -0.39 is 9.85 Å². The lowest BCUT2D eigenvalue weighted by Gasteiger charge is -2.13. The van der Waals surface area contributed by atoms with Crippen LogP contribution in [0.2, 0.25) is 0 Å². The van der Waals surface area contributed by atoms with Gasteiger partial charge in [-0.2, -0.15) is 0 Å². The molecule has 9 heteroatoms. The lowest BCUT2D eigenvalue weighted by Crippen LogP contribution is -2.23. The molecule has 34 heavy (non-hydrogen) atoms. The lowest BCUT2D eigenvalue weighted by atomic mass is 10.0. The molecule has 3 N–H and O–H groups in total. The summed E-state index contributed by atoms with van der Waals surface area (Å²) in [5, 5.41) is 30.3. The van der Waals surface area contributed by atoms with E-state index in [4.69, 9.17) is 5.73 Å². The Hall–Kier alpha value is -4.53. The summed E-state index contributed by atoms with van der Waals surface area (Å²) in [5.41, 5.74) is 10.4. The second-order valence-corrected chi connectivity index (χ2v) is 8.64. The minimum atomic E-state index is -0.461. The Morgan fingerprint density at radius 1 is 0.824 bits per heavy atom. The summed E-state index contributed by atoms with van der Waals surface area (Å²) >= 11 is 0. The van der Waals surface area contributed by atoms with Gasteiger partial charge in [0, 0.05) is 12.1 Å². The Morgan fingerprint density at radius 3 is 2.00 bits per heavy atom. The number of benzene rings is 4. The molecule has 0 unspecified atom stereocenters. The summed E-state index contributed by atoms with van der Waals surface area (Å²) in [5.74, 6) is -0.119. The van der Waals surface area contributed by atoms with Crippen LogP contribution in [0.1, 0.15) is 22.3 Å². The van der Waals surface area contributed by atoms with Crippen molar-refractivity contribution in [3.05, 3.63) is 91.0 Å². The van der Waals surface area contributed by atoms with Crippen LogP contribution in [-0.2, 0) is 25.7 Å². The van der Waals surface area contributed by atoms with Gasteiger partial charge in [0.25, 0.3) is 11.4 Å². The van der Waals surface area contributed by atoms with Gasteiger partial charge in [0.1, 0.15) is 11.4 Å². The minimum Gasteiger partial charge on any atom is -0.369 e. The zero-order valence-corrected chi connectivity index (χ0v) is 18.0. The van der Waals surface area contributed by atoms with Gasteiger partial charge in [-0.05, 0) is 69.5 Å². The van der Waals surface area contributed by atoms with Crippen LogP contribution in [0.25, 0.3) is 21.5 Å². The van der Waals surface area contributed by atoms with E-state index in [1.54, 1.807) is 0 Å². The molecule has 2 aliphatic carbocycles. The number of aryl methyl sites for hydroxylation is 4. The van der Waals surface area contributed by atoms with Crippen LogP contribution in [0.15, 0.2) is 53.5 Å². The Balaban J connectivity index is 1.51. The summed E-state index contributed by atoms with van der Waals surface area (Å²) in [6.07, 6.45) is 2.81. The molecular formula is C25H19N5O4. The van der Waals surface area contributed by atoms with E-state index in [9.17, 15) is 20.2 Å². The highest BCUT2D eigenvalue weighted by molar-refractivity contribution is 6.05. The molecule has 0 amide bonds. The second kappa shape index (κ2) is 7.24. The van der Waals surface area contributed by atoms with Crippen molar-refractivity contribution in [3.8, 4) is 0 Å². The number of nitrogens with two attached hydrogens (primary N) is 1. The highest BCUT2D eigenvalue weighted by atomic mass is 16.6. The van der Waals surface area contributed by atoms with Crippen LogP contribution < -0.4 is 11.1 Å². The van der Waals surface area contributed by atoms with E-state index in [2.05, 4.69) is 10.3 Å². The predicted octanol–water partition coefficient (Wildman–Crippen LogP) is 5.06. The number of hydrogen-bond donors (Lipinski definition) is 2. The van der Waals surface area contributed by atoms with E-state index in [1.165, 1.54) is 12.1 Å². The molecule has 0 spiro atoms. The van der Waals surface area contributed by atoms with Crippen LogP contribution in [0.5, 0.6) is 0 Å². The zero-order valence-electron chi connectivity index (χ0n) is 18.0. The molecule has 6 rings (SSSR count). The van der Waals surface area contributed by atoms with Crippen molar-refractivity contribution in [3.63, 3.8) is 0 Å². The van der Waals surface area contributed by atoms with Gasteiger partial charge < -0.3 is 11.1 Å². The minimum absolute atomic E-state index is 0.0977. The Bertz CT molecular complexity index is 1610. The van der Waals surface area contributed by atoms with Crippen molar-refractivity contribution >= 4 is 50.3 Å². The molecule has 4 aromatic rings. The first-order valence-electron chi connectivity index (χ1n) is 11.0. The molecule has 0 radical (unpaired) electrons. The molecule has 0 aromatic heterocycles. The average Bonchev–Trinajstić information content (AvgIpc) is 3.44. The summed E-state index contributed by atoms with van der Waals surface area (Å²) in [7, 11) is 0. The van der Waals surface area contributed by atoms with E-state index in [1.807, 2.05) is 36.4 Å². The van der Waals surface area contributed by atoms with Gasteiger partial charge in [0.05, 0.1) is 9.85 Å². The van der Waals surface area contributed by atoms with Crippen molar-refractivity contribution in [2.75, 3.05) is 5.32 Å². The molecule has 0 atom stereocenters. The number of aliphatic imine (C=N–C) groups is 1. The van der Waals surface area contributed by atoms with Crippen LogP contribution >= 0.6 is 0 Å². The van der Waals surface area contributed by atoms with Crippen LogP contribution in [-0.4, -0.2) is 15.8 Å². The monoisotopic (exact) mass is 453 g/mol. The molecule has 0 heterocycles. The number of rotatable bonds is 4. The predicted molar refractivity (Wildman–Crippen MR) is 131 cm³/mol. The number of anilines is 1. The number of nitro groups is 2. The smallest absolute Gasteiger partial charge is 0.295 e. The molecule has 168 valence electrons. The number of nitro benzene ring substituents is 2. The summed E-state index contributed by atoms with van der Waals surface area (Å²) in [6.45, 7) is 0. The van der Waals surface area contributed by atoms with Gasteiger partial charge in [-0.1, -0.05) is 36.4 Å². The van der Waals surface area contributed by atoms with Crippen LogP contribution in [0.3, 0.4) is 0 Å². The van der Waals surface area contributed by atoms with Gasteiger partial charge in [-0.3, -0.25) is 20.2 Å². The summed E-state index contributed by atoms with van der Waals surface area (Å²) < 4.78 is 0. The standard InChI is InChI=1S/C25H19N5O4/c26-25(27-23-17-9-7-13-3-1-5-15(21(13)17)11-19(23)29(31)32)28-24-18-10-8-14-4-2-6-16(22(14)18)12-20(24)30(33)34/h1-6,11-12H,7-10H2,(H3,26,27,28). The molecule has 9 nitrogen and oxygen atoms in total. The van der Waals surface area contributed by atoms with Gasteiger partial charge in [-0.15, -0.1) is 0 Å². The van der Waals surface area contributed by atoms with Crippen LogP contribution in [0.4, 0.5) is 22.7 Å². The fourth-order valence-electron chi connectivity index (χ4n) is 5.46. The maximum atomic E-state index is 11.9. The first-order valence-corrected chi connectivity index (χ1v) is 11.0. The number of guanidine groups is 1. The Labute approximate surface area is 193 Å². The number of nitrogens with one attached hydrogen (secondary N) is 1. The topological polar surface area (TPSA) is 137 Å². The normalized spacial score (nSPS) is 14.2. The molecule has 0 aliphatic heterocycles. The lowest BCUT2D eigenvalue weighted by molar-refractivity contribution is -0.384. The van der Waals surface area contributed by atoms with Crippen molar-refractivity contribution in [1.29, 1.82) is 0 Å². The van der Waals surface area contributed by atoms with Crippen molar-refractivity contribution in [1.82, 2.24) is 0 Å². The van der Waals surface area contributed by atoms with Gasteiger partial charge in [-0.25, -0.2) is 4.99 Å². The molecule has 2 aliphatic rings. The maximum Gasteiger partial charge on any atom is 0.295 e. The van der Waals surface area contributed by atoms with Crippen molar-refractivity contribution in [2.45, 2.75) is 25.7 Å². The highest BCUT2D eigenvalue weighted by Crippen LogP contribution is 2.44. The highest BCUT2D eigenvalue weighted by Gasteiger charge is 2.28. The SMILES string of the molecule is NC(=Nc1c([N+](=O)[O-])cc2cccc3c2c1CC3)Nc1c([N+](=O)[O-])cc2cccc3c2c1CC3. The van der Waals surface area contributed by atoms with Crippen LogP contribution in [0, 0.1) is 20.2 Å². The van der Waals surface area contributed by atoms with E-state index >= 15 is 0 Å². The molecule has 4 aromatic carbocycles. The van der Waals surface area contributed by atoms with Crippen molar-refractivity contribution in [2.24, 2.45) is 10.7 Å². The third kappa shape index (κ3) is 2.90. The van der Waals surface area contributed by atoms with E-state index in [0.29, 0.717) is 18.5 Å². The second-order valence-electron chi connectivity index (χ2n) is 8.64. The summed E-state index contributed by atoms with van der Waals surface area (Å²) in [4.78, 5) is 27.3. The Kier molecular flexibility index (Phi) is 4.28. The molecule has 0 saturated carbocycles. The van der Waals surface area contributed by atoms with Gasteiger partial charge in [0.2, 0.25) is 0 Å². The fourth-order valence-corrected chi connectivity index (χ4v) is 5.46. The number of nitrogens with zero attached hydrogens (tertiary/aromatic N) is 3. The molecule has 0 bridgehead atoms. The third-order valence-electron chi connectivity index (χ3n) is 6.81. The Morgan fingerprint density at radius 2 is 1.38 bits per heavy atom. The first kappa shape index (κ1) is 20.1. The zero-order chi connectivity index (χ0) is 23.6. The van der Waals surface area contributed by atoms with E-state index in [-0.39, 0.29) is 23.0 Å². The van der Waals surface area contributed by atoms with Gasteiger partial charge in [0.15, 0.2) is 5.96 Å². The quantitative estimate of drug-likeness (QED) is 0.192. The molecule has 0 saturated heterocycles. The van der Waals surface area contributed by atoms with Crippen molar-refractivity contribution < 1.29 is 9.85 Å². The fraction of sp³-hybridized carbons (Fsp3) is 0.160. The largest absolute Gasteiger partial charge is 0.369 e. The average molecular weight is 453 g/mol. The first-order chi connectivity index (χ1) is 16.4. The number of hydrogen-bond acceptors (Lipinski definition) is 5. The summed E-state index contributed by atoms with van der Waals surface area (Å²) in [6, 6.07) is 14.6. The molecular weight excluding hydrogens is 434 g/mol.